The van der Waals surface area contributed by atoms with Crippen LogP contribution in [0.1, 0.15) is 5.56 Å². The van der Waals surface area contributed by atoms with Crippen molar-refractivity contribution in [2.45, 2.75) is 11.8 Å². The number of hydrogen-bond acceptors (Lipinski definition) is 6. The van der Waals surface area contributed by atoms with Crippen LogP contribution in [0.15, 0.2) is 41.3 Å². The number of anilines is 4. The highest BCUT2D eigenvalue weighted by Gasteiger charge is 2.13. The van der Waals surface area contributed by atoms with E-state index in [1.165, 1.54) is 12.1 Å². The van der Waals surface area contributed by atoms with E-state index in [4.69, 9.17) is 27.5 Å². The molecule has 2 aromatic rings. The average molecular weight is 310 g/mol. The van der Waals surface area contributed by atoms with Gasteiger partial charge in [-0.2, -0.15) is 8.42 Å². The van der Waals surface area contributed by atoms with Crippen molar-refractivity contribution < 1.29 is 13.0 Å². The molecule has 0 aromatic heterocycles. The molecule has 2 aromatic carbocycles. The molecule has 7 nitrogen and oxygen atoms in total. The summed E-state index contributed by atoms with van der Waals surface area (Å²) in [4.78, 5) is -0.359. The molecule has 0 aliphatic heterocycles. The van der Waals surface area contributed by atoms with Crippen LogP contribution in [-0.2, 0) is 10.1 Å². The van der Waals surface area contributed by atoms with E-state index in [0.717, 1.165) is 23.0 Å². The van der Waals surface area contributed by atoms with Gasteiger partial charge in [-0.1, -0.05) is 0 Å². The van der Waals surface area contributed by atoms with Crippen LogP contribution in [0.3, 0.4) is 0 Å². The lowest BCUT2D eigenvalue weighted by atomic mass is 10.2. The Balaban J connectivity index is 0.000000219. The van der Waals surface area contributed by atoms with Crippen LogP contribution in [0, 0.1) is 6.92 Å². The maximum atomic E-state index is 10.6. The van der Waals surface area contributed by atoms with Crippen molar-refractivity contribution in [2.75, 3.05) is 22.9 Å². The highest BCUT2D eigenvalue weighted by molar-refractivity contribution is 7.86. The Hall–Kier alpha value is -2.45. The molecule has 0 radical (unpaired) electrons. The van der Waals surface area contributed by atoms with Gasteiger partial charge in [-0.25, -0.2) is 0 Å². The molecule has 0 spiro atoms. The van der Waals surface area contributed by atoms with Gasteiger partial charge in [0.05, 0.1) is 5.69 Å². The summed E-state index contributed by atoms with van der Waals surface area (Å²) in [5, 5.41) is 0. The van der Waals surface area contributed by atoms with Crippen LogP contribution in [-0.4, -0.2) is 13.0 Å². The normalized spacial score (nSPS) is 10.6. The molecule has 0 atom stereocenters. The minimum absolute atomic E-state index is 0.0216. The zero-order valence-corrected chi connectivity index (χ0v) is 12.3. The summed E-state index contributed by atoms with van der Waals surface area (Å²) in [6, 6.07) is 9.33. The van der Waals surface area contributed by atoms with Crippen molar-refractivity contribution >= 4 is 32.9 Å². The maximum absolute atomic E-state index is 10.6. The molecule has 8 heteroatoms. The first kappa shape index (κ1) is 16.6. The molecule has 9 N–H and O–H groups in total. The first-order valence-corrected chi connectivity index (χ1v) is 7.29. The van der Waals surface area contributed by atoms with E-state index in [-0.39, 0.29) is 16.3 Å². The van der Waals surface area contributed by atoms with Crippen molar-refractivity contribution in [2.24, 2.45) is 0 Å². The Labute approximate surface area is 123 Å². The average Bonchev–Trinajstić information content (AvgIpc) is 2.37. The van der Waals surface area contributed by atoms with E-state index in [0.29, 0.717) is 0 Å². The van der Waals surface area contributed by atoms with Gasteiger partial charge in [0, 0.05) is 17.1 Å². The van der Waals surface area contributed by atoms with Crippen LogP contribution >= 0.6 is 0 Å². The largest absolute Gasteiger partial charge is 0.399 e. The summed E-state index contributed by atoms with van der Waals surface area (Å²) < 4.78 is 29.9. The van der Waals surface area contributed by atoms with Crippen LogP contribution in [0.2, 0.25) is 0 Å². The van der Waals surface area contributed by atoms with E-state index in [9.17, 15) is 8.42 Å². The van der Waals surface area contributed by atoms with Gasteiger partial charge in [0.25, 0.3) is 10.1 Å². The second-order valence-corrected chi connectivity index (χ2v) is 5.78. The fraction of sp³-hybridized carbons (Fsp3) is 0.0769. The molecule has 0 aliphatic carbocycles. The van der Waals surface area contributed by atoms with Crippen molar-refractivity contribution in [1.29, 1.82) is 0 Å². The zero-order chi connectivity index (χ0) is 16.2. The van der Waals surface area contributed by atoms with Gasteiger partial charge in [0.1, 0.15) is 4.90 Å². The Kier molecular flexibility index (Phi) is 5.01. The van der Waals surface area contributed by atoms with Crippen molar-refractivity contribution in [1.82, 2.24) is 0 Å². The second kappa shape index (κ2) is 6.33. The number of nitrogen functional groups attached to an aromatic ring is 4. The Bertz CT molecular complexity index is 745. The number of nitrogens with two attached hydrogens (primary N) is 4. The summed E-state index contributed by atoms with van der Waals surface area (Å²) in [5.74, 6) is 0. The van der Waals surface area contributed by atoms with E-state index in [1.807, 2.05) is 19.1 Å². The number of aryl methyl sites for hydroxylation is 1. The number of benzene rings is 2. The summed E-state index contributed by atoms with van der Waals surface area (Å²) in [6.07, 6.45) is 0. The van der Waals surface area contributed by atoms with E-state index in [1.54, 1.807) is 6.07 Å². The van der Waals surface area contributed by atoms with Crippen LogP contribution in [0.5, 0.6) is 0 Å². The zero-order valence-electron chi connectivity index (χ0n) is 11.4. The molecular weight excluding hydrogens is 292 g/mol. The third-order valence-electron chi connectivity index (χ3n) is 2.61. The monoisotopic (exact) mass is 310 g/mol. The SMILES string of the molecule is Cc1cc(N)ccc1N.Nc1ccc(N)c(S(=O)(=O)O)c1. The summed E-state index contributed by atoms with van der Waals surface area (Å²) in [7, 11) is -4.26. The summed E-state index contributed by atoms with van der Waals surface area (Å²) >= 11 is 0. The molecular formula is C13H18N4O3S. The quantitative estimate of drug-likeness (QED) is 0.391. The highest BCUT2D eigenvalue weighted by Crippen LogP contribution is 2.20. The van der Waals surface area contributed by atoms with Gasteiger partial charge in [-0.15, -0.1) is 0 Å². The maximum Gasteiger partial charge on any atom is 0.296 e. The van der Waals surface area contributed by atoms with Gasteiger partial charge in [-0.3, -0.25) is 4.55 Å². The lowest BCUT2D eigenvalue weighted by molar-refractivity contribution is 0.483. The van der Waals surface area contributed by atoms with E-state index >= 15 is 0 Å². The van der Waals surface area contributed by atoms with Gasteiger partial charge < -0.3 is 22.9 Å². The fourth-order valence-electron chi connectivity index (χ4n) is 1.47. The topological polar surface area (TPSA) is 158 Å². The number of rotatable bonds is 1. The Morgan fingerprint density at radius 3 is 1.71 bits per heavy atom. The van der Waals surface area contributed by atoms with E-state index < -0.39 is 10.1 Å². The van der Waals surface area contributed by atoms with Gasteiger partial charge in [0.2, 0.25) is 0 Å². The molecule has 0 heterocycles. The van der Waals surface area contributed by atoms with E-state index in [2.05, 4.69) is 0 Å². The molecule has 0 unspecified atom stereocenters. The second-order valence-electron chi connectivity index (χ2n) is 4.39. The van der Waals surface area contributed by atoms with Gasteiger partial charge in [0.15, 0.2) is 0 Å². The minimum Gasteiger partial charge on any atom is -0.399 e. The Morgan fingerprint density at radius 2 is 1.33 bits per heavy atom. The highest BCUT2D eigenvalue weighted by atomic mass is 32.2. The standard InChI is InChI=1S/C7H10N2.C6H8N2O3S/c1-5-4-6(8)2-3-7(5)9;7-4-1-2-5(8)6(3-4)12(9,10)11/h2-4H,8-9H2,1H3;1-3H,7-8H2,(H,9,10,11). The van der Waals surface area contributed by atoms with Gasteiger partial charge >= 0.3 is 0 Å². The van der Waals surface area contributed by atoms with Gasteiger partial charge in [-0.05, 0) is 48.9 Å². The molecule has 2 rings (SSSR count). The lowest BCUT2D eigenvalue weighted by Gasteiger charge is -2.02. The first-order chi connectivity index (χ1) is 9.61. The van der Waals surface area contributed by atoms with Crippen LogP contribution in [0.25, 0.3) is 0 Å². The van der Waals surface area contributed by atoms with Crippen LogP contribution < -0.4 is 22.9 Å². The molecule has 114 valence electrons. The predicted octanol–water partition coefficient (Wildman–Crippen LogP) is 1.26. The van der Waals surface area contributed by atoms with Crippen molar-refractivity contribution in [3.8, 4) is 0 Å². The predicted molar refractivity (Wildman–Crippen MR) is 85.1 cm³/mol. The Morgan fingerprint density at radius 1 is 0.857 bits per heavy atom. The third kappa shape index (κ3) is 4.86. The molecule has 0 saturated carbocycles. The van der Waals surface area contributed by atoms with Crippen molar-refractivity contribution in [3.05, 3.63) is 42.0 Å². The number of hydrogen-bond donors (Lipinski definition) is 5. The molecule has 0 amide bonds. The molecule has 0 saturated heterocycles. The third-order valence-corrected chi connectivity index (χ3v) is 3.52. The van der Waals surface area contributed by atoms with Crippen LogP contribution in [0.4, 0.5) is 22.7 Å². The minimum atomic E-state index is -4.26. The fourth-order valence-corrected chi connectivity index (χ4v) is 2.12. The first-order valence-electron chi connectivity index (χ1n) is 5.85. The summed E-state index contributed by atoms with van der Waals surface area (Å²) in [6.45, 7) is 1.94. The van der Waals surface area contributed by atoms with Crippen molar-refractivity contribution in [3.63, 3.8) is 0 Å². The lowest BCUT2D eigenvalue weighted by Crippen LogP contribution is -2.03. The smallest absolute Gasteiger partial charge is 0.296 e. The molecule has 0 bridgehead atoms. The molecule has 0 fully saturated rings. The molecule has 0 aliphatic rings. The molecule has 21 heavy (non-hydrogen) atoms. The summed E-state index contributed by atoms with van der Waals surface area (Å²) in [5.41, 5.74) is 24.4.